The predicted octanol–water partition coefficient (Wildman–Crippen LogP) is 2.29. The van der Waals surface area contributed by atoms with Crippen LogP contribution in [0.4, 0.5) is 0 Å². The van der Waals surface area contributed by atoms with E-state index < -0.39 is 5.97 Å². The highest BCUT2D eigenvalue weighted by Gasteiger charge is 2.19. The van der Waals surface area contributed by atoms with Gasteiger partial charge in [-0.25, -0.2) is 0 Å². The zero-order valence-electron chi connectivity index (χ0n) is 12.0. The third-order valence-corrected chi connectivity index (χ3v) is 3.23. The third-order valence-electron chi connectivity index (χ3n) is 2.97. The molecule has 1 heterocycles. The molecule has 1 amide bonds. The summed E-state index contributed by atoms with van der Waals surface area (Å²) in [5, 5.41) is 13.3. The molecule has 0 aliphatic heterocycles. The Labute approximate surface area is 132 Å². The number of carboxylic acid groups (broad SMARTS) is 1. The molecule has 0 bridgehead atoms. The molecule has 6 nitrogen and oxygen atoms in total. The Morgan fingerprint density at radius 2 is 2.00 bits per heavy atom. The van der Waals surface area contributed by atoms with Crippen LogP contribution in [0, 0.1) is 6.92 Å². The highest BCUT2D eigenvalue weighted by molar-refractivity contribution is 6.30. The molecule has 1 N–H and O–H groups in total. The van der Waals surface area contributed by atoms with Crippen LogP contribution in [0.3, 0.4) is 0 Å². The maximum absolute atomic E-state index is 12.3. The molecule has 1 aromatic heterocycles. The summed E-state index contributed by atoms with van der Waals surface area (Å²) in [5.74, 6) is -0.797. The molecule has 1 aromatic carbocycles. The van der Waals surface area contributed by atoms with Crippen LogP contribution in [0.1, 0.15) is 17.0 Å². The minimum atomic E-state index is -1.07. The van der Waals surface area contributed by atoms with Crippen molar-refractivity contribution < 1.29 is 19.2 Å². The average Bonchev–Trinajstić information content (AvgIpc) is 2.85. The molecule has 22 heavy (non-hydrogen) atoms. The van der Waals surface area contributed by atoms with Gasteiger partial charge >= 0.3 is 5.97 Å². The number of amides is 1. The molecule has 0 spiro atoms. The largest absolute Gasteiger partial charge is 0.480 e. The lowest BCUT2D eigenvalue weighted by molar-refractivity contribution is -0.144. The summed E-state index contributed by atoms with van der Waals surface area (Å²) in [7, 11) is 0. The highest BCUT2D eigenvalue weighted by atomic mass is 35.5. The fourth-order valence-electron chi connectivity index (χ4n) is 1.97. The second kappa shape index (κ2) is 7.09. The van der Waals surface area contributed by atoms with E-state index in [0.29, 0.717) is 16.5 Å². The van der Waals surface area contributed by atoms with E-state index in [2.05, 4.69) is 5.16 Å². The number of aromatic nitrogens is 1. The number of hydrogen-bond acceptors (Lipinski definition) is 4. The van der Waals surface area contributed by atoms with Crippen molar-refractivity contribution in [2.45, 2.75) is 19.9 Å². The van der Waals surface area contributed by atoms with Crippen molar-refractivity contribution in [3.63, 3.8) is 0 Å². The Balaban J connectivity index is 2.09. The lowest BCUT2D eigenvalue weighted by Gasteiger charge is -2.20. The number of carbonyl (C=O) groups is 2. The zero-order valence-corrected chi connectivity index (χ0v) is 12.7. The van der Waals surface area contributed by atoms with E-state index >= 15 is 0 Å². The number of hydrogen-bond donors (Lipinski definition) is 1. The second-order valence-electron chi connectivity index (χ2n) is 4.88. The van der Waals surface area contributed by atoms with Gasteiger partial charge in [-0.05, 0) is 24.6 Å². The van der Waals surface area contributed by atoms with E-state index in [-0.39, 0.29) is 25.4 Å². The molecule has 2 rings (SSSR count). The van der Waals surface area contributed by atoms with Crippen LogP contribution in [-0.4, -0.2) is 33.6 Å². The minimum Gasteiger partial charge on any atom is -0.480 e. The fraction of sp³-hybridized carbons (Fsp3) is 0.267. The monoisotopic (exact) mass is 322 g/mol. The normalized spacial score (nSPS) is 10.5. The first-order valence-electron chi connectivity index (χ1n) is 6.60. The Kier molecular flexibility index (Phi) is 5.16. The number of benzene rings is 1. The van der Waals surface area contributed by atoms with Crippen LogP contribution in [0.2, 0.25) is 5.02 Å². The van der Waals surface area contributed by atoms with Crippen LogP contribution in [-0.2, 0) is 22.6 Å². The van der Waals surface area contributed by atoms with E-state index in [9.17, 15) is 9.59 Å². The molecule has 0 atom stereocenters. The lowest BCUT2D eigenvalue weighted by atomic mass is 10.2. The van der Waals surface area contributed by atoms with Crippen LogP contribution in [0.15, 0.2) is 34.9 Å². The quantitative estimate of drug-likeness (QED) is 0.882. The van der Waals surface area contributed by atoms with E-state index in [1.165, 1.54) is 4.90 Å². The summed E-state index contributed by atoms with van der Waals surface area (Å²) < 4.78 is 4.91. The van der Waals surface area contributed by atoms with Gasteiger partial charge in [-0.2, -0.15) is 0 Å². The SMILES string of the molecule is Cc1cc(CC(=O)N(CC(=O)O)Cc2ccc(Cl)cc2)no1. The van der Waals surface area contributed by atoms with Crippen molar-refractivity contribution in [1.82, 2.24) is 10.1 Å². The highest BCUT2D eigenvalue weighted by Crippen LogP contribution is 2.13. The number of aliphatic carboxylic acids is 1. The molecule has 0 unspecified atom stereocenters. The molecule has 2 aromatic rings. The topological polar surface area (TPSA) is 83.6 Å². The van der Waals surface area contributed by atoms with Crippen LogP contribution in [0.5, 0.6) is 0 Å². The summed E-state index contributed by atoms with van der Waals surface area (Å²) in [6.45, 7) is 1.54. The van der Waals surface area contributed by atoms with Gasteiger partial charge in [-0.1, -0.05) is 28.9 Å². The van der Waals surface area contributed by atoms with E-state index in [1.54, 1.807) is 37.3 Å². The summed E-state index contributed by atoms with van der Waals surface area (Å²) in [6.07, 6.45) is -0.00178. The van der Waals surface area contributed by atoms with E-state index in [0.717, 1.165) is 5.56 Å². The predicted molar refractivity (Wildman–Crippen MR) is 79.4 cm³/mol. The van der Waals surface area contributed by atoms with Gasteiger partial charge in [0.25, 0.3) is 0 Å². The Hall–Kier alpha value is -2.34. The van der Waals surface area contributed by atoms with Crippen LogP contribution >= 0.6 is 11.6 Å². The molecule has 7 heteroatoms. The number of nitrogens with zero attached hydrogens (tertiary/aromatic N) is 2. The van der Waals surface area contributed by atoms with Gasteiger partial charge in [0.2, 0.25) is 5.91 Å². The van der Waals surface area contributed by atoms with Gasteiger partial charge in [0.1, 0.15) is 12.3 Å². The lowest BCUT2D eigenvalue weighted by Crippen LogP contribution is -2.36. The molecule has 0 aliphatic rings. The van der Waals surface area contributed by atoms with Crippen molar-refractivity contribution in [2.24, 2.45) is 0 Å². The average molecular weight is 323 g/mol. The first kappa shape index (κ1) is 16.0. The molecular formula is C15H15ClN2O4. The van der Waals surface area contributed by atoms with Crippen molar-refractivity contribution in [3.05, 3.63) is 52.4 Å². The number of rotatable bonds is 6. The number of carbonyl (C=O) groups excluding carboxylic acids is 1. The van der Waals surface area contributed by atoms with Gasteiger partial charge < -0.3 is 14.5 Å². The summed E-state index contributed by atoms with van der Waals surface area (Å²) in [4.78, 5) is 24.5. The van der Waals surface area contributed by atoms with E-state index in [1.807, 2.05) is 0 Å². The Morgan fingerprint density at radius 3 is 2.55 bits per heavy atom. The van der Waals surface area contributed by atoms with E-state index in [4.69, 9.17) is 21.2 Å². The first-order valence-corrected chi connectivity index (χ1v) is 6.98. The zero-order chi connectivity index (χ0) is 16.1. The van der Waals surface area contributed by atoms with Gasteiger partial charge in [-0.15, -0.1) is 0 Å². The van der Waals surface area contributed by atoms with Gasteiger partial charge in [-0.3, -0.25) is 9.59 Å². The smallest absolute Gasteiger partial charge is 0.323 e. The van der Waals surface area contributed by atoms with Gasteiger partial charge in [0.15, 0.2) is 0 Å². The van der Waals surface area contributed by atoms with Crippen molar-refractivity contribution in [3.8, 4) is 0 Å². The molecule has 0 radical (unpaired) electrons. The van der Waals surface area contributed by atoms with Crippen molar-refractivity contribution in [2.75, 3.05) is 6.54 Å². The number of aryl methyl sites for hydroxylation is 1. The molecule has 0 fully saturated rings. The second-order valence-corrected chi connectivity index (χ2v) is 5.31. The summed E-state index contributed by atoms with van der Waals surface area (Å²) in [5.41, 5.74) is 1.28. The molecule has 116 valence electrons. The summed E-state index contributed by atoms with van der Waals surface area (Å²) >= 11 is 5.81. The van der Waals surface area contributed by atoms with Crippen LogP contribution < -0.4 is 0 Å². The Morgan fingerprint density at radius 1 is 1.32 bits per heavy atom. The van der Waals surface area contributed by atoms with Crippen LogP contribution in [0.25, 0.3) is 0 Å². The number of carboxylic acids is 1. The minimum absolute atomic E-state index is 0.00178. The fourth-order valence-corrected chi connectivity index (χ4v) is 2.10. The maximum Gasteiger partial charge on any atom is 0.323 e. The Bertz CT molecular complexity index is 666. The van der Waals surface area contributed by atoms with Gasteiger partial charge in [0, 0.05) is 17.6 Å². The molecule has 0 saturated heterocycles. The standard InChI is InChI=1S/C15H15ClN2O4/c1-10-6-13(17-22-10)7-14(19)18(9-15(20)21)8-11-2-4-12(16)5-3-11/h2-6H,7-9H2,1H3,(H,20,21). The first-order chi connectivity index (χ1) is 10.4. The third kappa shape index (κ3) is 4.60. The molecular weight excluding hydrogens is 308 g/mol. The van der Waals surface area contributed by atoms with Crippen molar-refractivity contribution >= 4 is 23.5 Å². The molecule has 0 saturated carbocycles. The molecule has 0 aliphatic carbocycles. The number of halogens is 1. The maximum atomic E-state index is 12.3. The van der Waals surface area contributed by atoms with Gasteiger partial charge in [0.05, 0.1) is 12.1 Å². The summed E-state index contributed by atoms with van der Waals surface area (Å²) in [6, 6.07) is 8.55. The van der Waals surface area contributed by atoms with Crippen molar-refractivity contribution in [1.29, 1.82) is 0 Å².